The highest BCUT2D eigenvalue weighted by molar-refractivity contribution is 7.15. The molecule has 1 aliphatic heterocycles. The van der Waals surface area contributed by atoms with Gasteiger partial charge in [0.2, 0.25) is 5.91 Å². The van der Waals surface area contributed by atoms with Crippen LogP contribution in [0.2, 0.25) is 0 Å². The fourth-order valence-corrected chi connectivity index (χ4v) is 4.94. The molecule has 0 saturated carbocycles. The second kappa shape index (κ2) is 11.9. The highest BCUT2D eigenvalue weighted by atomic mass is 32.1. The topological polar surface area (TPSA) is 91.8 Å². The summed E-state index contributed by atoms with van der Waals surface area (Å²) in [7, 11) is 0. The van der Waals surface area contributed by atoms with Crippen LogP contribution in [0.5, 0.6) is 0 Å². The lowest BCUT2D eigenvalue weighted by Gasteiger charge is -2.34. The lowest BCUT2D eigenvalue weighted by Crippen LogP contribution is -2.50. The zero-order valence-electron chi connectivity index (χ0n) is 22.3. The number of anilines is 1. The Morgan fingerprint density at radius 2 is 1.63 bits per heavy atom. The Kier molecular flexibility index (Phi) is 8.58. The summed E-state index contributed by atoms with van der Waals surface area (Å²) in [4.78, 5) is 45.8. The molecule has 1 saturated heterocycles. The minimum Gasteiger partial charge on any atom is -0.371 e. The van der Waals surface area contributed by atoms with Crippen LogP contribution in [-0.4, -0.2) is 58.7 Å². The molecule has 3 amide bonds. The van der Waals surface area contributed by atoms with Gasteiger partial charge in [0.25, 0.3) is 11.8 Å². The van der Waals surface area contributed by atoms with Gasteiger partial charge in [0, 0.05) is 50.4 Å². The third-order valence-corrected chi connectivity index (χ3v) is 7.37. The summed E-state index contributed by atoms with van der Waals surface area (Å²) in [5.74, 6) is -0.194. The number of benzene rings is 2. The third kappa shape index (κ3) is 7.05. The number of thiazole rings is 1. The average Bonchev–Trinajstić information content (AvgIpc) is 3.35. The van der Waals surface area contributed by atoms with E-state index in [1.807, 2.05) is 42.5 Å². The van der Waals surface area contributed by atoms with Crippen molar-refractivity contribution in [3.8, 4) is 0 Å². The highest BCUT2D eigenvalue weighted by Crippen LogP contribution is 2.24. The van der Waals surface area contributed by atoms with Crippen molar-refractivity contribution in [2.75, 3.05) is 31.5 Å². The Balaban J connectivity index is 1.26. The summed E-state index contributed by atoms with van der Waals surface area (Å²) in [6, 6.07) is 15.1. The van der Waals surface area contributed by atoms with Crippen molar-refractivity contribution in [2.24, 2.45) is 0 Å². The standard InChI is InChI=1S/C29H34N4O4S/c1-20(34)32-12-14-33(15-13-32)27(36)23-7-5-6-21(16-23)18-37-19-25-17-30-28(38-25)31-26(35)22-8-10-24(11-9-22)29(2,3)4/h5-11,16-17H,12-15,18-19H2,1-4H3,(H,30,31,35). The maximum absolute atomic E-state index is 12.9. The fraction of sp³-hybridized carbons (Fsp3) is 0.379. The Hall–Kier alpha value is -3.56. The van der Waals surface area contributed by atoms with Crippen molar-refractivity contribution in [2.45, 2.75) is 46.3 Å². The largest absolute Gasteiger partial charge is 0.371 e. The van der Waals surface area contributed by atoms with E-state index in [2.05, 4.69) is 31.1 Å². The first-order chi connectivity index (χ1) is 18.1. The van der Waals surface area contributed by atoms with Crippen LogP contribution >= 0.6 is 11.3 Å². The highest BCUT2D eigenvalue weighted by Gasteiger charge is 2.23. The van der Waals surface area contributed by atoms with Crippen LogP contribution in [0.15, 0.2) is 54.7 Å². The van der Waals surface area contributed by atoms with E-state index in [-0.39, 0.29) is 23.1 Å². The number of hydrogen-bond acceptors (Lipinski definition) is 6. The molecule has 8 nitrogen and oxygen atoms in total. The first-order valence-electron chi connectivity index (χ1n) is 12.7. The van der Waals surface area contributed by atoms with Crippen LogP contribution in [0.25, 0.3) is 0 Å². The first-order valence-corrected chi connectivity index (χ1v) is 13.5. The number of aromatic nitrogens is 1. The van der Waals surface area contributed by atoms with Gasteiger partial charge in [-0.2, -0.15) is 0 Å². The van der Waals surface area contributed by atoms with Crippen molar-refractivity contribution in [3.63, 3.8) is 0 Å². The molecule has 2 aromatic carbocycles. The van der Waals surface area contributed by atoms with Crippen LogP contribution in [0.4, 0.5) is 5.13 Å². The second-order valence-electron chi connectivity index (χ2n) is 10.4. The van der Waals surface area contributed by atoms with E-state index in [4.69, 9.17) is 4.74 Å². The number of carbonyl (C=O) groups excluding carboxylic acids is 3. The predicted molar refractivity (Wildman–Crippen MR) is 148 cm³/mol. The zero-order valence-corrected chi connectivity index (χ0v) is 23.1. The van der Waals surface area contributed by atoms with E-state index in [1.165, 1.54) is 16.9 Å². The SMILES string of the molecule is CC(=O)N1CCN(C(=O)c2cccc(COCc3cnc(NC(=O)c4ccc(C(C)(C)C)cc4)s3)c2)CC1. The number of amides is 3. The van der Waals surface area contributed by atoms with Gasteiger partial charge in [-0.25, -0.2) is 4.98 Å². The monoisotopic (exact) mass is 534 g/mol. The molecule has 1 aliphatic rings. The van der Waals surface area contributed by atoms with Gasteiger partial charge in [-0.1, -0.05) is 56.4 Å². The third-order valence-electron chi connectivity index (χ3n) is 6.49. The lowest BCUT2D eigenvalue weighted by molar-refractivity contribution is -0.130. The molecule has 1 fully saturated rings. The Bertz CT molecular complexity index is 1290. The van der Waals surface area contributed by atoms with Crippen molar-refractivity contribution >= 4 is 34.2 Å². The number of carbonyl (C=O) groups is 3. The van der Waals surface area contributed by atoms with E-state index in [0.717, 1.165) is 10.4 Å². The summed E-state index contributed by atoms with van der Waals surface area (Å²) in [5, 5.41) is 3.37. The van der Waals surface area contributed by atoms with Gasteiger partial charge in [0.05, 0.1) is 18.1 Å². The minimum atomic E-state index is -0.198. The smallest absolute Gasteiger partial charge is 0.257 e. The molecular formula is C29H34N4O4S. The molecule has 0 atom stereocenters. The molecule has 38 heavy (non-hydrogen) atoms. The lowest BCUT2D eigenvalue weighted by atomic mass is 9.87. The van der Waals surface area contributed by atoms with Crippen LogP contribution in [0, 0.1) is 0 Å². The summed E-state index contributed by atoms with van der Waals surface area (Å²) < 4.78 is 5.86. The van der Waals surface area contributed by atoms with Gasteiger partial charge < -0.3 is 14.5 Å². The van der Waals surface area contributed by atoms with E-state index in [1.54, 1.807) is 29.0 Å². The van der Waals surface area contributed by atoms with E-state index < -0.39 is 0 Å². The molecule has 3 aromatic rings. The number of rotatable bonds is 7. The van der Waals surface area contributed by atoms with Crippen molar-refractivity contribution in [3.05, 3.63) is 81.9 Å². The summed E-state index contributed by atoms with van der Waals surface area (Å²) in [5.41, 5.74) is 3.30. The van der Waals surface area contributed by atoms with Gasteiger partial charge in [0.15, 0.2) is 5.13 Å². The Labute approximate surface area is 227 Å². The normalized spacial score (nSPS) is 13.9. The number of hydrogen-bond donors (Lipinski definition) is 1. The second-order valence-corrected chi connectivity index (χ2v) is 11.5. The minimum absolute atomic E-state index is 0.0307. The van der Waals surface area contributed by atoms with Gasteiger partial charge in [-0.3, -0.25) is 19.7 Å². The quantitative estimate of drug-likeness (QED) is 0.474. The molecule has 2 heterocycles. The van der Waals surface area contributed by atoms with E-state index in [0.29, 0.717) is 55.7 Å². The summed E-state index contributed by atoms with van der Waals surface area (Å²) >= 11 is 1.37. The van der Waals surface area contributed by atoms with Gasteiger partial charge in [-0.15, -0.1) is 0 Å². The predicted octanol–water partition coefficient (Wildman–Crippen LogP) is 4.71. The average molecular weight is 535 g/mol. The molecule has 0 spiro atoms. The Morgan fingerprint density at radius 1 is 0.947 bits per heavy atom. The van der Waals surface area contributed by atoms with Crippen LogP contribution in [0.1, 0.15) is 64.4 Å². The fourth-order valence-electron chi connectivity index (χ4n) is 4.19. The van der Waals surface area contributed by atoms with Gasteiger partial charge in [0.1, 0.15) is 0 Å². The van der Waals surface area contributed by atoms with Crippen molar-refractivity contribution < 1.29 is 19.1 Å². The van der Waals surface area contributed by atoms with Crippen molar-refractivity contribution in [1.29, 1.82) is 0 Å². The summed E-state index contributed by atoms with van der Waals surface area (Å²) in [6.07, 6.45) is 1.70. The number of nitrogens with zero attached hydrogens (tertiary/aromatic N) is 3. The van der Waals surface area contributed by atoms with Gasteiger partial charge >= 0.3 is 0 Å². The van der Waals surface area contributed by atoms with Crippen LogP contribution < -0.4 is 5.32 Å². The molecule has 1 aromatic heterocycles. The van der Waals surface area contributed by atoms with Crippen LogP contribution in [0.3, 0.4) is 0 Å². The maximum Gasteiger partial charge on any atom is 0.257 e. The van der Waals surface area contributed by atoms with Gasteiger partial charge in [-0.05, 0) is 40.8 Å². The Morgan fingerprint density at radius 3 is 2.29 bits per heavy atom. The molecule has 1 N–H and O–H groups in total. The number of ether oxygens (including phenoxy) is 1. The molecule has 0 unspecified atom stereocenters. The first kappa shape index (κ1) is 27.5. The maximum atomic E-state index is 12.9. The molecule has 9 heteroatoms. The van der Waals surface area contributed by atoms with E-state index in [9.17, 15) is 14.4 Å². The molecule has 4 rings (SSSR count). The van der Waals surface area contributed by atoms with Crippen LogP contribution in [-0.2, 0) is 28.2 Å². The zero-order chi connectivity index (χ0) is 27.3. The number of nitrogens with one attached hydrogen (secondary N) is 1. The van der Waals surface area contributed by atoms with E-state index >= 15 is 0 Å². The number of piperazine rings is 1. The molecule has 0 bridgehead atoms. The molecule has 200 valence electrons. The summed E-state index contributed by atoms with van der Waals surface area (Å²) in [6.45, 7) is 10.8. The molecule has 0 radical (unpaired) electrons. The van der Waals surface area contributed by atoms with Crippen molar-refractivity contribution in [1.82, 2.24) is 14.8 Å². The molecular weight excluding hydrogens is 500 g/mol. The molecule has 0 aliphatic carbocycles.